The second kappa shape index (κ2) is 7.39. The Morgan fingerprint density at radius 1 is 1.00 bits per heavy atom. The Labute approximate surface area is 109 Å². The van der Waals surface area contributed by atoms with Crippen LogP contribution in [0.25, 0.3) is 0 Å². The number of carbonyl (C=O) groups excluding carboxylic acids is 1. The molecule has 0 unspecified atom stereocenters. The summed E-state index contributed by atoms with van der Waals surface area (Å²) in [6, 6.07) is 0. The van der Waals surface area contributed by atoms with E-state index in [1.54, 1.807) is 0 Å². The lowest BCUT2D eigenvalue weighted by Crippen LogP contribution is -2.39. The molecule has 1 rings (SSSR count). The van der Waals surface area contributed by atoms with E-state index in [9.17, 15) is 9.59 Å². The van der Waals surface area contributed by atoms with E-state index in [0.717, 1.165) is 38.8 Å². The second-order valence-corrected chi connectivity index (χ2v) is 5.21. The van der Waals surface area contributed by atoms with Gasteiger partial charge in [-0.2, -0.15) is 0 Å². The van der Waals surface area contributed by atoms with Crippen LogP contribution >= 0.6 is 0 Å². The van der Waals surface area contributed by atoms with Crippen molar-refractivity contribution in [1.29, 1.82) is 0 Å². The van der Waals surface area contributed by atoms with Crippen LogP contribution in [0.5, 0.6) is 0 Å². The second-order valence-electron chi connectivity index (χ2n) is 5.21. The Kier molecular flexibility index (Phi) is 6.16. The summed E-state index contributed by atoms with van der Waals surface area (Å²) in [4.78, 5) is 25.2. The molecule has 0 aromatic rings. The molecule has 4 heteroatoms. The van der Waals surface area contributed by atoms with Crippen LogP contribution in [-0.4, -0.2) is 35.0 Å². The van der Waals surface area contributed by atoms with Gasteiger partial charge < -0.3 is 10.0 Å². The van der Waals surface area contributed by atoms with Gasteiger partial charge in [0.2, 0.25) is 5.91 Å². The van der Waals surface area contributed by atoms with Gasteiger partial charge in [-0.15, -0.1) is 0 Å². The van der Waals surface area contributed by atoms with Crippen molar-refractivity contribution in [1.82, 2.24) is 4.90 Å². The van der Waals surface area contributed by atoms with E-state index in [1.807, 2.05) is 4.90 Å². The fourth-order valence-electron chi connectivity index (χ4n) is 2.72. The molecule has 104 valence electrons. The first kappa shape index (κ1) is 15.0. The maximum atomic E-state index is 12.3. The number of carbonyl (C=O) groups is 2. The van der Waals surface area contributed by atoms with Gasteiger partial charge in [-0.25, -0.2) is 0 Å². The molecule has 0 radical (unpaired) electrons. The van der Waals surface area contributed by atoms with Crippen molar-refractivity contribution >= 4 is 11.9 Å². The Balaban J connectivity index is 2.49. The minimum Gasteiger partial charge on any atom is -0.481 e. The first-order valence-electron chi connectivity index (χ1n) is 7.11. The maximum absolute atomic E-state index is 12.3. The number of amides is 1. The van der Waals surface area contributed by atoms with Gasteiger partial charge in [0.25, 0.3) is 0 Å². The third kappa shape index (κ3) is 4.00. The number of hydrogen-bond donors (Lipinski definition) is 1. The number of carboxylic acid groups (broad SMARTS) is 1. The molecule has 1 N–H and O–H groups in total. The number of nitrogens with zero attached hydrogens (tertiary/aromatic N) is 1. The fraction of sp³-hybridized carbons (Fsp3) is 0.857. The van der Waals surface area contributed by atoms with E-state index in [1.165, 1.54) is 0 Å². The molecule has 1 fully saturated rings. The Morgan fingerprint density at radius 3 is 1.83 bits per heavy atom. The summed E-state index contributed by atoms with van der Waals surface area (Å²) in [7, 11) is 0. The molecule has 1 amide bonds. The summed E-state index contributed by atoms with van der Waals surface area (Å²) in [6.45, 7) is 5.81. The van der Waals surface area contributed by atoms with Crippen LogP contribution in [0.1, 0.15) is 52.4 Å². The van der Waals surface area contributed by atoms with Crippen LogP contribution in [-0.2, 0) is 9.59 Å². The normalized spacial score (nSPS) is 23.7. The highest BCUT2D eigenvalue weighted by Gasteiger charge is 2.31. The summed E-state index contributed by atoms with van der Waals surface area (Å²) in [6.07, 6.45) is 4.74. The van der Waals surface area contributed by atoms with Crippen molar-refractivity contribution in [3.05, 3.63) is 0 Å². The van der Waals surface area contributed by atoms with Gasteiger partial charge in [0.05, 0.1) is 5.92 Å². The molecule has 0 aliphatic heterocycles. The summed E-state index contributed by atoms with van der Waals surface area (Å²) in [5.74, 6) is -0.652. The third-order valence-corrected chi connectivity index (χ3v) is 3.72. The Bertz CT molecular complexity index is 277. The number of aliphatic carboxylic acids is 1. The van der Waals surface area contributed by atoms with E-state index in [-0.39, 0.29) is 17.7 Å². The molecule has 0 saturated heterocycles. The number of rotatable bonds is 6. The SMILES string of the molecule is CCCN(CCC)C(=O)C1CCC(C(=O)O)CC1. The Hall–Kier alpha value is -1.06. The van der Waals surface area contributed by atoms with E-state index >= 15 is 0 Å². The van der Waals surface area contributed by atoms with Crippen molar-refractivity contribution in [2.45, 2.75) is 52.4 Å². The van der Waals surface area contributed by atoms with Crippen molar-refractivity contribution in [3.63, 3.8) is 0 Å². The van der Waals surface area contributed by atoms with Crippen molar-refractivity contribution in [2.24, 2.45) is 11.8 Å². The predicted molar refractivity (Wildman–Crippen MR) is 70.2 cm³/mol. The van der Waals surface area contributed by atoms with Crippen LogP contribution < -0.4 is 0 Å². The van der Waals surface area contributed by atoms with Gasteiger partial charge in [-0.1, -0.05) is 13.8 Å². The topological polar surface area (TPSA) is 57.6 Å². The predicted octanol–water partition coefficient (Wildman–Crippen LogP) is 2.53. The zero-order valence-electron chi connectivity index (χ0n) is 11.5. The first-order valence-corrected chi connectivity index (χ1v) is 7.11. The molecule has 1 aliphatic carbocycles. The van der Waals surface area contributed by atoms with Crippen LogP contribution in [0.4, 0.5) is 0 Å². The van der Waals surface area contributed by atoms with Crippen molar-refractivity contribution < 1.29 is 14.7 Å². The van der Waals surface area contributed by atoms with Crippen LogP contribution in [0, 0.1) is 11.8 Å². The largest absolute Gasteiger partial charge is 0.481 e. The molecule has 0 aromatic heterocycles. The molecular weight excluding hydrogens is 230 g/mol. The Morgan fingerprint density at radius 2 is 1.44 bits per heavy atom. The average molecular weight is 255 g/mol. The van der Waals surface area contributed by atoms with Crippen molar-refractivity contribution in [3.8, 4) is 0 Å². The summed E-state index contributed by atoms with van der Waals surface area (Å²) < 4.78 is 0. The molecule has 0 spiro atoms. The number of carboxylic acids is 1. The molecule has 0 atom stereocenters. The summed E-state index contributed by atoms with van der Waals surface area (Å²) in [5.41, 5.74) is 0. The molecule has 18 heavy (non-hydrogen) atoms. The van der Waals surface area contributed by atoms with Gasteiger partial charge in [0.15, 0.2) is 0 Å². The highest BCUT2D eigenvalue weighted by Crippen LogP contribution is 2.30. The highest BCUT2D eigenvalue weighted by molar-refractivity contribution is 5.79. The third-order valence-electron chi connectivity index (χ3n) is 3.72. The monoisotopic (exact) mass is 255 g/mol. The molecule has 0 bridgehead atoms. The van der Waals surface area contributed by atoms with Gasteiger partial charge >= 0.3 is 5.97 Å². The van der Waals surface area contributed by atoms with Gasteiger partial charge in [0.1, 0.15) is 0 Å². The van der Waals surface area contributed by atoms with Crippen molar-refractivity contribution in [2.75, 3.05) is 13.1 Å². The van der Waals surface area contributed by atoms with E-state index in [4.69, 9.17) is 5.11 Å². The van der Waals surface area contributed by atoms with E-state index in [2.05, 4.69) is 13.8 Å². The van der Waals surface area contributed by atoms with Crippen LogP contribution in [0.15, 0.2) is 0 Å². The smallest absolute Gasteiger partial charge is 0.306 e. The van der Waals surface area contributed by atoms with Gasteiger partial charge in [-0.05, 0) is 38.5 Å². The summed E-state index contributed by atoms with van der Waals surface area (Å²) >= 11 is 0. The quantitative estimate of drug-likeness (QED) is 0.793. The fourth-order valence-corrected chi connectivity index (χ4v) is 2.72. The van der Waals surface area contributed by atoms with Crippen LogP contribution in [0.3, 0.4) is 0 Å². The number of hydrogen-bond acceptors (Lipinski definition) is 2. The molecule has 0 heterocycles. The lowest BCUT2D eigenvalue weighted by molar-refractivity contribution is -0.145. The van der Waals surface area contributed by atoms with E-state index < -0.39 is 5.97 Å². The standard InChI is InChI=1S/C14H25NO3/c1-3-9-15(10-4-2)13(16)11-5-7-12(8-6-11)14(17)18/h11-12H,3-10H2,1-2H3,(H,17,18). The van der Waals surface area contributed by atoms with E-state index in [0.29, 0.717) is 12.8 Å². The lowest BCUT2D eigenvalue weighted by atomic mass is 9.81. The molecule has 0 aromatic carbocycles. The molecule has 1 saturated carbocycles. The molecule has 4 nitrogen and oxygen atoms in total. The molecular formula is C14H25NO3. The minimum atomic E-state index is -0.708. The minimum absolute atomic E-state index is 0.0544. The van der Waals surface area contributed by atoms with Gasteiger partial charge in [-0.3, -0.25) is 9.59 Å². The van der Waals surface area contributed by atoms with Crippen LogP contribution in [0.2, 0.25) is 0 Å². The lowest BCUT2D eigenvalue weighted by Gasteiger charge is -2.30. The molecule has 1 aliphatic rings. The zero-order valence-corrected chi connectivity index (χ0v) is 11.5. The highest BCUT2D eigenvalue weighted by atomic mass is 16.4. The zero-order chi connectivity index (χ0) is 13.5. The maximum Gasteiger partial charge on any atom is 0.306 e. The summed E-state index contributed by atoms with van der Waals surface area (Å²) in [5, 5.41) is 8.95. The van der Waals surface area contributed by atoms with Gasteiger partial charge in [0, 0.05) is 19.0 Å². The average Bonchev–Trinajstić information content (AvgIpc) is 2.38. The first-order chi connectivity index (χ1) is 8.60.